The molecule has 1 aliphatic heterocycles. The number of nitrogens with zero attached hydrogens (tertiary/aromatic N) is 4. The van der Waals surface area contributed by atoms with E-state index in [0.29, 0.717) is 5.82 Å². The number of hydrogen-bond donors (Lipinski definition) is 1. The molecule has 4 aromatic rings. The van der Waals surface area contributed by atoms with Gasteiger partial charge in [-0.15, -0.1) is 11.3 Å². The van der Waals surface area contributed by atoms with Crippen LogP contribution in [0.3, 0.4) is 0 Å². The number of fused-ring (bicyclic) bond motifs is 2. The van der Waals surface area contributed by atoms with E-state index >= 15 is 0 Å². The van der Waals surface area contributed by atoms with Gasteiger partial charge in [0.15, 0.2) is 5.79 Å². The highest BCUT2D eigenvalue weighted by molar-refractivity contribution is 7.13. The van der Waals surface area contributed by atoms with E-state index in [0.717, 1.165) is 38.6 Å². The molecule has 0 spiro atoms. The van der Waals surface area contributed by atoms with Gasteiger partial charge in [-0.3, -0.25) is 0 Å². The molecule has 2 fully saturated rings. The van der Waals surface area contributed by atoms with E-state index in [4.69, 9.17) is 26.8 Å². The Morgan fingerprint density at radius 1 is 1.15 bits per heavy atom. The van der Waals surface area contributed by atoms with Gasteiger partial charge in [0.05, 0.1) is 17.5 Å². The number of benzene rings is 1. The van der Waals surface area contributed by atoms with Crippen molar-refractivity contribution in [2.45, 2.75) is 57.1 Å². The standard InChI is InChI=1S/C24H24ClN5O2S/c1-12-6-13(8-14(25)7-12)15-9-17(20-19(15)31-24(2,3)32-20)30-10-16(23-27-4-5-33-23)18-21(26)28-11-29-22(18)30/h4-8,10-11,15,17,19-20H,9H2,1-3H3,(H2,26,28,29)/t15-,17-,19-,20+/m1/s1. The summed E-state index contributed by atoms with van der Waals surface area (Å²) >= 11 is 7.99. The van der Waals surface area contributed by atoms with Crippen LogP contribution in [0.15, 0.2) is 42.3 Å². The Morgan fingerprint density at radius 3 is 2.73 bits per heavy atom. The summed E-state index contributed by atoms with van der Waals surface area (Å²) in [6.45, 7) is 6.00. The van der Waals surface area contributed by atoms with Crippen molar-refractivity contribution in [3.05, 3.63) is 58.4 Å². The lowest BCUT2D eigenvalue weighted by Crippen LogP contribution is -2.27. The SMILES string of the molecule is Cc1cc(Cl)cc([C@H]2C[C@@H](n3cc(-c4nccs4)c4c(N)ncnc43)[C@@H]3OC(C)(C)O[C@@H]32)c1. The first-order valence-corrected chi connectivity index (χ1v) is 12.2. The van der Waals surface area contributed by atoms with Crippen molar-refractivity contribution in [2.24, 2.45) is 0 Å². The number of ether oxygens (including phenoxy) is 2. The van der Waals surface area contributed by atoms with Gasteiger partial charge in [0.2, 0.25) is 0 Å². The molecule has 0 unspecified atom stereocenters. The summed E-state index contributed by atoms with van der Waals surface area (Å²) in [6, 6.07) is 6.22. The van der Waals surface area contributed by atoms with E-state index in [2.05, 4.69) is 38.7 Å². The van der Waals surface area contributed by atoms with Crippen LogP contribution in [0.25, 0.3) is 21.6 Å². The van der Waals surface area contributed by atoms with E-state index in [-0.39, 0.29) is 24.2 Å². The summed E-state index contributed by atoms with van der Waals surface area (Å²) in [4.78, 5) is 13.4. The van der Waals surface area contributed by atoms with Crippen molar-refractivity contribution in [1.82, 2.24) is 19.5 Å². The molecular weight excluding hydrogens is 458 g/mol. The van der Waals surface area contributed by atoms with E-state index in [1.807, 2.05) is 31.4 Å². The number of nitrogen functional groups attached to an aromatic ring is 1. The normalized spacial score (nSPS) is 26.2. The number of nitrogens with two attached hydrogens (primary N) is 1. The fourth-order valence-electron chi connectivity index (χ4n) is 5.41. The molecule has 4 atom stereocenters. The van der Waals surface area contributed by atoms with Crippen LogP contribution in [0.2, 0.25) is 5.02 Å². The van der Waals surface area contributed by atoms with Gasteiger partial charge in [0.1, 0.15) is 28.9 Å². The van der Waals surface area contributed by atoms with Crippen molar-refractivity contribution in [3.63, 3.8) is 0 Å². The zero-order valence-electron chi connectivity index (χ0n) is 18.5. The highest BCUT2D eigenvalue weighted by Gasteiger charge is 2.55. The molecule has 0 amide bonds. The average molecular weight is 482 g/mol. The Hall–Kier alpha value is -2.52. The second-order valence-electron chi connectivity index (χ2n) is 9.28. The van der Waals surface area contributed by atoms with Crippen molar-refractivity contribution in [3.8, 4) is 10.6 Å². The first-order chi connectivity index (χ1) is 15.8. The average Bonchev–Trinajstić information content (AvgIpc) is 3.49. The van der Waals surface area contributed by atoms with E-state index < -0.39 is 5.79 Å². The largest absolute Gasteiger partial charge is 0.383 e. The van der Waals surface area contributed by atoms with E-state index in [1.54, 1.807) is 17.5 Å². The molecule has 6 rings (SSSR count). The van der Waals surface area contributed by atoms with Crippen LogP contribution in [0, 0.1) is 6.92 Å². The number of aryl methyl sites for hydroxylation is 1. The van der Waals surface area contributed by atoms with Crippen molar-refractivity contribution >= 4 is 39.8 Å². The van der Waals surface area contributed by atoms with Crippen LogP contribution in [0.4, 0.5) is 5.82 Å². The van der Waals surface area contributed by atoms with Crippen molar-refractivity contribution in [2.75, 3.05) is 5.73 Å². The Morgan fingerprint density at radius 2 is 1.97 bits per heavy atom. The van der Waals surface area contributed by atoms with E-state index in [9.17, 15) is 0 Å². The molecule has 4 heterocycles. The molecule has 170 valence electrons. The lowest BCUT2D eigenvalue weighted by Gasteiger charge is -2.25. The molecular formula is C24H24ClN5O2S. The smallest absolute Gasteiger partial charge is 0.163 e. The maximum absolute atomic E-state index is 6.47. The predicted molar refractivity (Wildman–Crippen MR) is 129 cm³/mol. The third-order valence-corrected chi connectivity index (χ3v) is 7.61. The molecule has 2 N–H and O–H groups in total. The number of aromatic nitrogens is 4. The number of anilines is 1. The number of rotatable bonds is 3. The molecule has 1 saturated heterocycles. The highest BCUT2D eigenvalue weighted by atomic mass is 35.5. The van der Waals surface area contributed by atoms with Crippen molar-refractivity contribution in [1.29, 1.82) is 0 Å². The van der Waals surface area contributed by atoms with Gasteiger partial charge in [-0.1, -0.05) is 17.7 Å². The second kappa shape index (κ2) is 7.50. The quantitative estimate of drug-likeness (QED) is 0.424. The zero-order valence-corrected chi connectivity index (χ0v) is 20.1. The maximum atomic E-state index is 6.47. The van der Waals surface area contributed by atoms with Gasteiger partial charge in [-0.05, 0) is 50.5 Å². The first-order valence-electron chi connectivity index (χ1n) is 10.9. The van der Waals surface area contributed by atoms with Crippen LogP contribution >= 0.6 is 22.9 Å². The third kappa shape index (κ3) is 3.44. The van der Waals surface area contributed by atoms with Gasteiger partial charge in [0, 0.05) is 34.3 Å². The van der Waals surface area contributed by atoms with E-state index in [1.165, 1.54) is 11.9 Å². The first kappa shape index (κ1) is 21.0. The summed E-state index contributed by atoms with van der Waals surface area (Å²) < 4.78 is 15.1. The molecule has 0 bridgehead atoms. The maximum Gasteiger partial charge on any atom is 0.163 e. The summed E-state index contributed by atoms with van der Waals surface area (Å²) in [5.41, 5.74) is 10.3. The highest BCUT2D eigenvalue weighted by Crippen LogP contribution is 2.52. The minimum absolute atomic E-state index is 0.00609. The van der Waals surface area contributed by atoms with Crippen LogP contribution in [-0.4, -0.2) is 37.5 Å². The number of hydrogen-bond acceptors (Lipinski definition) is 7. The monoisotopic (exact) mass is 481 g/mol. The minimum atomic E-state index is -0.672. The Balaban J connectivity index is 1.50. The minimum Gasteiger partial charge on any atom is -0.383 e. The summed E-state index contributed by atoms with van der Waals surface area (Å²) in [7, 11) is 0. The Bertz CT molecular complexity index is 1330. The summed E-state index contributed by atoms with van der Waals surface area (Å²) in [6.07, 6.45) is 6.00. The fourth-order valence-corrected chi connectivity index (χ4v) is 6.36. The molecule has 1 aromatic carbocycles. The molecule has 2 aliphatic rings. The van der Waals surface area contributed by atoms with Crippen molar-refractivity contribution < 1.29 is 9.47 Å². The lowest BCUT2D eigenvalue weighted by atomic mass is 9.94. The predicted octanol–water partition coefficient (Wildman–Crippen LogP) is 5.35. The number of halogens is 1. The fraction of sp³-hybridized carbons (Fsp3) is 0.375. The number of thiazole rings is 1. The van der Waals surface area contributed by atoms with Gasteiger partial charge in [-0.25, -0.2) is 15.0 Å². The van der Waals surface area contributed by atoms with Crippen LogP contribution < -0.4 is 5.73 Å². The van der Waals surface area contributed by atoms with Gasteiger partial charge in [-0.2, -0.15) is 0 Å². The Kier molecular flexibility index (Phi) is 4.78. The van der Waals surface area contributed by atoms with Crippen LogP contribution in [0.1, 0.15) is 43.4 Å². The molecule has 1 saturated carbocycles. The summed E-state index contributed by atoms with van der Waals surface area (Å²) in [5, 5.41) is 4.41. The molecule has 1 aliphatic carbocycles. The molecule has 33 heavy (non-hydrogen) atoms. The lowest BCUT2D eigenvalue weighted by molar-refractivity contribution is -0.157. The zero-order chi connectivity index (χ0) is 22.9. The molecule has 9 heteroatoms. The van der Waals surface area contributed by atoms with Crippen LogP contribution in [0.5, 0.6) is 0 Å². The summed E-state index contributed by atoms with van der Waals surface area (Å²) in [5.74, 6) is -0.0850. The topological polar surface area (TPSA) is 88.1 Å². The van der Waals surface area contributed by atoms with Gasteiger partial charge >= 0.3 is 0 Å². The van der Waals surface area contributed by atoms with Gasteiger partial charge in [0.25, 0.3) is 0 Å². The van der Waals surface area contributed by atoms with Gasteiger partial charge < -0.3 is 19.8 Å². The molecule has 3 aromatic heterocycles. The molecule has 7 nitrogen and oxygen atoms in total. The second-order valence-corrected chi connectivity index (χ2v) is 10.6. The molecule has 0 radical (unpaired) electrons. The van der Waals surface area contributed by atoms with Crippen LogP contribution in [-0.2, 0) is 9.47 Å². The Labute approximate surface area is 200 Å². The third-order valence-electron chi connectivity index (χ3n) is 6.59.